The summed E-state index contributed by atoms with van der Waals surface area (Å²) in [4.78, 5) is 2.40. The first-order valence-electron chi connectivity index (χ1n) is 6.60. The van der Waals surface area contributed by atoms with Gasteiger partial charge >= 0.3 is 0 Å². The van der Waals surface area contributed by atoms with Crippen LogP contribution in [0.2, 0.25) is 0 Å². The Bertz CT molecular complexity index is 356. The van der Waals surface area contributed by atoms with Crippen LogP contribution >= 0.6 is 0 Å². The van der Waals surface area contributed by atoms with Gasteiger partial charge in [-0.15, -0.1) is 0 Å². The molecular formula is C15H23NO. The number of benzene rings is 1. The molecule has 2 rings (SSSR count). The summed E-state index contributed by atoms with van der Waals surface area (Å²) in [5.74, 6) is 0.957. The highest BCUT2D eigenvalue weighted by molar-refractivity contribution is 5.29. The summed E-state index contributed by atoms with van der Waals surface area (Å²) in [7, 11) is 2.19. The van der Waals surface area contributed by atoms with Crippen LogP contribution in [0.25, 0.3) is 0 Å². The van der Waals surface area contributed by atoms with Crippen LogP contribution in [-0.4, -0.2) is 36.8 Å². The molecule has 1 saturated heterocycles. The first-order chi connectivity index (χ1) is 8.20. The van der Waals surface area contributed by atoms with E-state index in [2.05, 4.69) is 43.1 Å². The third-order valence-electron chi connectivity index (χ3n) is 3.94. The van der Waals surface area contributed by atoms with Crippen LogP contribution < -0.4 is 0 Å². The van der Waals surface area contributed by atoms with Crippen molar-refractivity contribution in [1.82, 2.24) is 4.90 Å². The zero-order valence-corrected chi connectivity index (χ0v) is 10.9. The second kappa shape index (κ2) is 5.65. The molecule has 0 saturated carbocycles. The molecule has 0 bridgehead atoms. The summed E-state index contributed by atoms with van der Waals surface area (Å²) in [5, 5.41) is 9.22. The Morgan fingerprint density at radius 3 is 2.71 bits per heavy atom. The van der Waals surface area contributed by atoms with E-state index in [0.717, 1.165) is 0 Å². The van der Waals surface area contributed by atoms with Crippen LogP contribution in [0, 0.1) is 0 Å². The van der Waals surface area contributed by atoms with Crippen molar-refractivity contribution in [3.05, 3.63) is 35.4 Å². The largest absolute Gasteiger partial charge is 0.396 e. The minimum absolute atomic E-state index is 0.233. The van der Waals surface area contributed by atoms with Crippen molar-refractivity contribution in [1.29, 1.82) is 0 Å². The number of hydrogen-bond acceptors (Lipinski definition) is 2. The first kappa shape index (κ1) is 12.6. The zero-order chi connectivity index (χ0) is 12.3. The van der Waals surface area contributed by atoms with E-state index >= 15 is 0 Å². The topological polar surface area (TPSA) is 23.5 Å². The number of likely N-dealkylation sites (tertiary alicyclic amines) is 1. The van der Waals surface area contributed by atoms with Crippen molar-refractivity contribution in [2.45, 2.75) is 31.6 Å². The second-order valence-corrected chi connectivity index (χ2v) is 5.33. The maximum atomic E-state index is 9.22. The molecular weight excluding hydrogens is 210 g/mol. The Morgan fingerprint density at radius 2 is 2.06 bits per heavy atom. The smallest absolute Gasteiger partial charge is 0.0497 e. The minimum atomic E-state index is 0.233. The van der Waals surface area contributed by atoms with Gasteiger partial charge in [-0.05, 0) is 50.0 Å². The lowest BCUT2D eigenvalue weighted by atomic mass is 9.87. The van der Waals surface area contributed by atoms with E-state index in [1.807, 2.05) is 0 Å². The first-order valence-corrected chi connectivity index (χ1v) is 6.60. The molecule has 1 aromatic rings. The fourth-order valence-corrected chi connectivity index (χ4v) is 2.57. The lowest BCUT2D eigenvalue weighted by Gasteiger charge is -2.29. The van der Waals surface area contributed by atoms with Crippen LogP contribution in [0.1, 0.15) is 42.7 Å². The Balaban J connectivity index is 2.10. The number of aliphatic hydroxyl groups is 1. The van der Waals surface area contributed by atoms with Crippen LogP contribution in [0.3, 0.4) is 0 Å². The molecule has 17 heavy (non-hydrogen) atoms. The van der Waals surface area contributed by atoms with E-state index in [-0.39, 0.29) is 12.5 Å². The third-order valence-corrected chi connectivity index (χ3v) is 3.94. The van der Waals surface area contributed by atoms with Crippen molar-refractivity contribution in [2.75, 3.05) is 26.7 Å². The van der Waals surface area contributed by atoms with Crippen LogP contribution in [-0.2, 0) is 0 Å². The molecule has 1 N–H and O–H groups in total. The molecule has 1 aliphatic heterocycles. The van der Waals surface area contributed by atoms with Gasteiger partial charge in [0.15, 0.2) is 0 Å². The molecule has 0 amide bonds. The van der Waals surface area contributed by atoms with E-state index in [1.165, 1.54) is 37.1 Å². The maximum Gasteiger partial charge on any atom is 0.0497 e. The van der Waals surface area contributed by atoms with E-state index in [4.69, 9.17) is 0 Å². The molecule has 0 aromatic heterocycles. The highest BCUT2D eigenvalue weighted by atomic mass is 16.3. The second-order valence-electron chi connectivity index (χ2n) is 5.33. The molecule has 2 nitrogen and oxygen atoms in total. The van der Waals surface area contributed by atoms with E-state index in [9.17, 15) is 5.11 Å². The van der Waals surface area contributed by atoms with Crippen molar-refractivity contribution < 1.29 is 5.11 Å². The normalized spacial score (nSPS) is 20.4. The lowest BCUT2D eigenvalue weighted by molar-refractivity contribution is 0.255. The summed E-state index contributed by atoms with van der Waals surface area (Å²) < 4.78 is 0. The summed E-state index contributed by atoms with van der Waals surface area (Å²) in [6.45, 7) is 4.71. The van der Waals surface area contributed by atoms with Gasteiger partial charge in [0.25, 0.3) is 0 Å². The van der Waals surface area contributed by atoms with E-state index in [0.29, 0.717) is 5.92 Å². The molecule has 1 aliphatic rings. The van der Waals surface area contributed by atoms with Gasteiger partial charge in [-0.1, -0.05) is 31.2 Å². The zero-order valence-electron chi connectivity index (χ0n) is 10.9. The maximum absolute atomic E-state index is 9.22. The van der Waals surface area contributed by atoms with Crippen molar-refractivity contribution >= 4 is 0 Å². The molecule has 1 unspecified atom stereocenters. The molecule has 0 aliphatic carbocycles. The van der Waals surface area contributed by atoms with Crippen molar-refractivity contribution in [3.8, 4) is 0 Å². The third kappa shape index (κ3) is 3.08. The van der Waals surface area contributed by atoms with Gasteiger partial charge in [0.05, 0.1) is 0 Å². The Kier molecular flexibility index (Phi) is 4.19. The molecule has 1 aromatic carbocycles. The van der Waals surface area contributed by atoms with Gasteiger partial charge in [-0.3, -0.25) is 0 Å². The highest BCUT2D eigenvalue weighted by Crippen LogP contribution is 2.29. The summed E-state index contributed by atoms with van der Waals surface area (Å²) in [6.07, 6.45) is 2.51. The number of aliphatic hydroxyl groups excluding tert-OH is 1. The Hall–Kier alpha value is -0.860. The van der Waals surface area contributed by atoms with Gasteiger partial charge in [0.2, 0.25) is 0 Å². The number of piperidine rings is 1. The van der Waals surface area contributed by atoms with Gasteiger partial charge in [0.1, 0.15) is 0 Å². The predicted octanol–water partition coefficient (Wildman–Crippen LogP) is 2.59. The molecule has 0 spiro atoms. The fourth-order valence-electron chi connectivity index (χ4n) is 2.57. The SMILES string of the molecule is CC(CO)c1cccc(C2CCN(C)CC2)c1. The van der Waals surface area contributed by atoms with Gasteiger partial charge in [0, 0.05) is 12.5 Å². The van der Waals surface area contributed by atoms with Crippen molar-refractivity contribution in [2.24, 2.45) is 0 Å². The number of nitrogens with zero attached hydrogens (tertiary/aromatic N) is 1. The van der Waals surface area contributed by atoms with Gasteiger partial charge in [-0.2, -0.15) is 0 Å². The average Bonchev–Trinajstić information content (AvgIpc) is 2.39. The summed E-state index contributed by atoms with van der Waals surface area (Å²) in [5.41, 5.74) is 2.72. The van der Waals surface area contributed by atoms with E-state index < -0.39 is 0 Å². The van der Waals surface area contributed by atoms with Gasteiger partial charge in [-0.25, -0.2) is 0 Å². The average molecular weight is 233 g/mol. The van der Waals surface area contributed by atoms with Crippen LogP contribution in [0.5, 0.6) is 0 Å². The predicted molar refractivity (Wildman–Crippen MR) is 71.4 cm³/mol. The van der Waals surface area contributed by atoms with Crippen molar-refractivity contribution in [3.63, 3.8) is 0 Å². The van der Waals surface area contributed by atoms with Crippen LogP contribution in [0.4, 0.5) is 0 Å². The summed E-state index contributed by atoms with van der Waals surface area (Å²) >= 11 is 0. The summed E-state index contributed by atoms with van der Waals surface area (Å²) in [6, 6.07) is 8.79. The standard InChI is InChI=1S/C15H23NO/c1-12(11-17)14-4-3-5-15(10-14)13-6-8-16(2)9-7-13/h3-5,10,12-13,17H,6-9,11H2,1-2H3. The minimum Gasteiger partial charge on any atom is -0.396 e. The molecule has 1 fully saturated rings. The lowest BCUT2D eigenvalue weighted by Crippen LogP contribution is -2.29. The van der Waals surface area contributed by atoms with Gasteiger partial charge < -0.3 is 10.0 Å². The molecule has 1 atom stereocenters. The molecule has 0 radical (unpaired) electrons. The molecule has 94 valence electrons. The Morgan fingerprint density at radius 1 is 1.35 bits per heavy atom. The molecule has 2 heteroatoms. The number of rotatable bonds is 3. The fraction of sp³-hybridized carbons (Fsp3) is 0.600. The highest BCUT2D eigenvalue weighted by Gasteiger charge is 2.18. The monoisotopic (exact) mass is 233 g/mol. The van der Waals surface area contributed by atoms with E-state index in [1.54, 1.807) is 0 Å². The van der Waals surface area contributed by atoms with Crippen LogP contribution in [0.15, 0.2) is 24.3 Å². The Labute approximate surface area is 104 Å². The quantitative estimate of drug-likeness (QED) is 0.867. The molecule has 1 heterocycles. The number of hydrogen-bond donors (Lipinski definition) is 1.